The third kappa shape index (κ3) is 11.2. The van der Waals surface area contributed by atoms with Crippen molar-refractivity contribution >= 4 is 0 Å². The number of unbranched alkanes of at least 4 members (excludes halogenated alkanes) is 11. The van der Waals surface area contributed by atoms with Gasteiger partial charge < -0.3 is 9.47 Å². The molecule has 0 saturated carbocycles. The van der Waals surface area contributed by atoms with Crippen molar-refractivity contribution in [3.63, 3.8) is 0 Å². The van der Waals surface area contributed by atoms with Gasteiger partial charge in [-0.1, -0.05) is 145 Å². The van der Waals surface area contributed by atoms with Crippen LogP contribution in [0, 0.1) is 0 Å². The second-order valence-electron chi connectivity index (χ2n) is 10.9. The largest absolute Gasteiger partial charge is 0.494 e. The highest BCUT2D eigenvalue weighted by Gasteiger charge is 2.10. The third-order valence-corrected chi connectivity index (χ3v) is 7.62. The van der Waals surface area contributed by atoms with Crippen LogP contribution >= 0.6 is 0 Å². The molecule has 0 amide bonds. The Morgan fingerprint density at radius 1 is 0.513 bits per heavy atom. The standard InChI is InChI=1S/C37H52O2/c1-4-6-7-8-9-10-11-12-13-14-15-18-30-39-35-27-25-34(26-28-35)37-20-17-16-19-36(37)33-23-21-32(22-24-33)31(3)38-29-5-2/h16-17,19-28,31H,4-15,18,29-30H2,1-3H3. The summed E-state index contributed by atoms with van der Waals surface area (Å²) in [6.45, 7) is 8.16. The summed E-state index contributed by atoms with van der Waals surface area (Å²) in [7, 11) is 0. The Morgan fingerprint density at radius 2 is 1.00 bits per heavy atom. The topological polar surface area (TPSA) is 18.5 Å². The van der Waals surface area contributed by atoms with Gasteiger partial charge >= 0.3 is 0 Å². The number of rotatable bonds is 20. The maximum absolute atomic E-state index is 6.06. The van der Waals surface area contributed by atoms with Crippen molar-refractivity contribution < 1.29 is 9.47 Å². The van der Waals surface area contributed by atoms with Crippen LogP contribution in [0.25, 0.3) is 22.3 Å². The van der Waals surface area contributed by atoms with E-state index in [0.29, 0.717) is 0 Å². The maximum atomic E-state index is 6.06. The molecule has 0 N–H and O–H groups in total. The zero-order chi connectivity index (χ0) is 27.5. The van der Waals surface area contributed by atoms with Crippen LogP contribution in [-0.2, 0) is 4.74 Å². The SMILES string of the molecule is CCCCCCCCCCCCCCOc1ccc(-c2ccccc2-c2ccc(C(C)OCCC)cc2)cc1. The van der Waals surface area contributed by atoms with Crippen molar-refractivity contribution in [3.05, 3.63) is 78.4 Å². The lowest BCUT2D eigenvalue weighted by Gasteiger charge is -2.15. The first-order chi connectivity index (χ1) is 19.2. The molecule has 0 spiro atoms. The van der Waals surface area contributed by atoms with E-state index in [1.165, 1.54) is 98.4 Å². The summed E-state index contributed by atoms with van der Waals surface area (Å²) in [5.74, 6) is 0.963. The third-order valence-electron chi connectivity index (χ3n) is 7.62. The van der Waals surface area contributed by atoms with Crippen LogP contribution in [0.4, 0.5) is 0 Å². The fourth-order valence-electron chi connectivity index (χ4n) is 5.17. The van der Waals surface area contributed by atoms with Gasteiger partial charge in [-0.2, -0.15) is 0 Å². The van der Waals surface area contributed by atoms with Gasteiger partial charge in [0.25, 0.3) is 0 Å². The van der Waals surface area contributed by atoms with E-state index in [9.17, 15) is 0 Å². The first-order valence-corrected chi connectivity index (χ1v) is 15.8. The van der Waals surface area contributed by atoms with Crippen molar-refractivity contribution in [3.8, 4) is 28.0 Å². The van der Waals surface area contributed by atoms with Gasteiger partial charge in [0.1, 0.15) is 5.75 Å². The van der Waals surface area contributed by atoms with E-state index >= 15 is 0 Å². The van der Waals surface area contributed by atoms with E-state index in [1.807, 2.05) is 0 Å². The Kier molecular flexibility index (Phi) is 14.8. The number of ether oxygens (including phenoxy) is 2. The molecule has 2 nitrogen and oxygen atoms in total. The van der Waals surface area contributed by atoms with Gasteiger partial charge in [0, 0.05) is 6.61 Å². The molecule has 0 radical (unpaired) electrons. The summed E-state index contributed by atoms with van der Waals surface area (Å²) in [6.07, 6.45) is 17.5. The second-order valence-corrected chi connectivity index (χ2v) is 10.9. The van der Waals surface area contributed by atoms with Crippen LogP contribution in [0.2, 0.25) is 0 Å². The van der Waals surface area contributed by atoms with Crippen LogP contribution in [-0.4, -0.2) is 13.2 Å². The molecule has 1 unspecified atom stereocenters. The minimum Gasteiger partial charge on any atom is -0.494 e. The van der Waals surface area contributed by atoms with Crippen molar-refractivity contribution in [1.29, 1.82) is 0 Å². The summed E-state index contributed by atoms with van der Waals surface area (Å²) < 4.78 is 11.9. The first kappa shape index (κ1) is 31.0. The first-order valence-electron chi connectivity index (χ1n) is 15.8. The van der Waals surface area contributed by atoms with E-state index in [1.54, 1.807) is 0 Å². The smallest absolute Gasteiger partial charge is 0.119 e. The average Bonchev–Trinajstić information content (AvgIpc) is 2.98. The highest BCUT2D eigenvalue weighted by molar-refractivity contribution is 5.83. The van der Waals surface area contributed by atoms with Gasteiger partial charge in [0.2, 0.25) is 0 Å². The van der Waals surface area contributed by atoms with Gasteiger partial charge in [-0.25, -0.2) is 0 Å². The lowest BCUT2D eigenvalue weighted by Crippen LogP contribution is -2.00. The van der Waals surface area contributed by atoms with Gasteiger partial charge in [-0.05, 0) is 59.7 Å². The summed E-state index contributed by atoms with van der Waals surface area (Å²) in [4.78, 5) is 0. The van der Waals surface area contributed by atoms with Crippen molar-refractivity contribution in [2.24, 2.45) is 0 Å². The van der Waals surface area contributed by atoms with Gasteiger partial charge in [-0.3, -0.25) is 0 Å². The predicted molar refractivity (Wildman–Crippen MR) is 169 cm³/mol. The minimum atomic E-state index is 0.122. The summed E-state index contributed by atoms with van der Waals surface area (Å²) >= 11 is 0. The molecule has 0 aliphatic rings. The molecule has 3 aromatic rings. The highest BCUT2D eigenvalue weighted by atomic mass is 16.5. The fraction of sp³-hybridized carbons (Fsp3) is 0.514. The Bertz CT molecular complexity index is 1020. The van der Waals surface area contributed by atoms with Gasteiger partial charge in [0.15, 0.2) is 0 Å². The number of benzene rings is 3. The molecule has 0 aliphatic heterocycles. The molecule has 0 heterocycles. The normalized spacial score (nSPS) is 12.0. The summed E-state index contributed by atoms with van der Waals surface area (Å²) in [5, 5.41) is 0. The minimum absolute atomic E-state index is 0.122. The van der Waals surface area contributed by atoms with E-state index in [4.69, 9.17) is 9.47 Å². The average molecular weight is 529 g/mol. The van der Waals surface area contributed by atoms with Crippen LogP contribution in [0.3, 0.4) is 0 Å². The molecule has 2 heteroatoms. The van der Waals surface area contributed by atoms with E-state index < -0.39 is 0 Å². The van der Waals surface area contributed by atoms with E-state index in [-0.39, 0.29) is 6.10 Å². The van der Waals surface area contributed by atoms with Gasteiger partial charge in [0.05, 0.1) is 12.7 Å². The zero-order valence-electron chi connectivity index (χ0n) is 24.9. The van der Waals surface area contributed by atoms with E-state index in [2.05, 4.69) is 93.6 Å². The quantitative estimate of drug-likeness (QED) is 0.136. The predicted octanol–water partition coefficient (Wildman–Crippen LogP) is 11.6. The van der Waals surface area contributed by atoms with Crippen LogP contribution in [0.1, 0.15) is 116 Å². The monoisotopic (exact) mass is 528 g/mol. The lowest BCUT2D eigenvalue weighted by atomic mass is 9.94. The summed E-state index contributed by atoms with van der Waals surface area (Å²) in [6, 6.07) is 26.1. The van der Waals surface area contributed by atoms with Crippen LogP contribution < -0.4 is 4.74 Å². The fourth-order valence-corrected chi connectivity index (χ4v) is 5.17. The van der Waals surface area contributed by atoms with Crippen molar-refractivity contribution in [1.82, 2.24) is 0 Å². The summed E-state index contributed by atoms with van der Waals surface area (Å²) in [5.41, 5.74) is 6.15. The number of hydrogen-bond donors (Lipinski definition) is 0. The molecule has 39 heavy (non-hydrogen) atoms. The Morgan fingerprint density at radius 3 is 1.51 bits per heavy atom. The molecule has 3 aromatic carbocycles. The molecule has 0 saturated heterocycles. The highest BCUT2D eigenvalue weighted by Crippen LogP contribution is 2.33. The molecule has 212 valence electrons. The van der Waals surface area contributed by atoms with Crippen molar-refractivity contribution in [2.45, 2.75) is 110 Å². The number of hydrogen-bond acceptors (Lipinski definition) is 2. The Labute approximate surface area is 239 Å². The molecule has 3 rings (SSSR count). The van der Waals surface area contributed by atoms with Crippen LogP contribution in [0.5, 0.6) is 5.75 Å². The molecule has 0 fully saturated rings. The molecular formula is C37H52O2. The maximum Gasteiger partial charge on any atom is 0.119 e. The molecule has 1 atom stereocenters. The Balaban J connectivity index is 1.40. The van der Waals surface area contributed by atoms with Crippen LogP contribution in [0.15, 0.2) is 72.8 Å². The zero-order valence-corrected chi connectivity index (χ0v) is 24.9. The van der Waals surface area contributed by atoms with E-state index in [0.717, 1.165) is 31.8 Å². The molecule has 0 aromatic heterocycles. The molecule has 0 aliphatic carbocycles. The Hall–Kier alpha value is -2.58. The molecule has 0 bridgehead atoms. The second kappa shape index (κ2) is 18.7. The molecular weight excluding hydrogens is 476 g/mol. The van der Waals surface area contributed by atoms with Crippen molar-refractivity contribution in [2.75, 3.05) is 13.2 Å². The lowest BCUT2D eigenvalue weighted by molar-refractivity contribution is 0.0663. The van der Waals surface area contributed by atoms with Gasteiger partial charge in [-0.15, -0.1) is 0 Å².